The van der Waals surface area contributed by atoms with E-state index in [1.54, 1.807) is 34.5 Å². The number of nitrogens with one attached hydrogen (secondary N) is 11. The summed E-state index contributed by atoms with van der Waals surface area (Å²) in [5, 5.41) is 67.0. The van der Waals surface area contributed by atoms with Gasteiger partial charge in [-0.05, 0) is 119 Å². The molecule has 0 spiro atoms. The molecule has 1 aromatic heterocycles. The van der Waals surface area contributed by atoms with Gasteiger partial charge < -0.3 is 100.0 Å². The van der Waals surface area contributed by atoms with Crippen LogP contribution in [0.2, 0.25) is 0 Å². The summed E-state index contributed by atoms with van der Waals surface area (Å²) in [6.07, 6.45) is 8.38. The lowest BCUT2D eigenvalue weighted by molar-refractivity contribution is -0.149. The van der Waals surface area contributed by atoms with Crippen LogP contribution in [0.4, 0.5) is 0 Å². The maximum absolute atomic E-state index is 15.1. The highest BCUT2D eigenvalue weighted by Gasteiger charge is 2.54. The summed E-state index contributed by atoms with van der Waals surface area (Å²) in [6, 6.07) is 2.13. The number of unbranched alkanes of at least 4 members (excludes halogenated alkanes) is 1. The molecule has 2 aromatic rings. The topological polar surface area (TPSA) is 496 Å². The maximum atomic E-state index is 15.1. The number of nitrogens with two attached hydrogens (primary N) is 4. The Kier molecular flexibility index (Phi) is 32.2. The van der Waals surface area contributed by atoms with Crippen molar-refractivity contribution >= 4 is 89.1 Å². The molecule has 526 valence electrons. The van der Waals surface area contributed by atoms with Crippen LogP contribution in [-0.2, 0) is 67.3 Å². The Bertz CT molecular complexity index is 2930. The number of carboxylic acid groups (broad SMARTS) is 1. The van der Waals surface area contributed by atoms with Crippen molar-refractivity contribution in [1.82, 2.24) is 62.1 Å². The third-order valence-corrected chi connectivity index (χ3v) is 18.6. The number of nitrogens with zero attached hydrogens (tertiary/aromatic N) is 4. The summed E-state index contributed by atoms with van der Waals surface area (Å²) in [6.45, 7) is 2.52. The van der Waals surface area contributed by atoms with Crippen molar-refractivity contribution in [2.75, 3.05) is 65.5 Å². The zero-order valence-corrected chi connectivity index (χ0v) is 55.5. The molecule has 0 radical (unpaired) electrons. The molecule has 2 saturated heterocycles. The molecule has 3 aliphatic rings. The molecule has 32 heteroatoms. The number of benzene rings is 1. The highest BCUT2D eigenvalue weighted by atomic mass is 32.1. The fraction of sp³-hybridized carbons (Fsp3) is 0.635. The van der Waals surface area contributed by atoms with Crippen LogP contribution in [0.5, 0.6) is 0 Å². The molecule has 2 aliphatic heterocycles. The monoisotopic (exact) mass is 1350 g/mol. The van der Waals surface area contributed by atoms with Crippen LogP contribution in [0.15, 0.2) is 41.8 Å². The lowest BCUT2D eigenvalue weighted by Gasteiger charge is -2.40. The van der Waals surface area contributed by atoms with Crippen molar-refractivity contribution in [2.45, 2.75) is 183 Å². The minimum absolute atomic E-state index is 0.0672. The number of aliphatic hydroxyl groups excluding tert-OH is 1. The molecular formula is C63H101N19O12S. The van der Waals surface area contributed by atoms with E-state index in [0.29, 0.717) is 93.9 Å². The maximum Gasteiger partial charge on any atom is 0.320 e. The van der Waals surface area contributed by atoms with Crippen molar-refractivity contribution in [3.05, 3.63) is 57.8 Å². The van der Waals surface area contributed by atoms with E-state index >= 15 is 9.59 Å². The van der Waals surface area contributed by atoms with Crippen LogP contribution >= 0.6 is 11.3 Å². The number of thiophene rings is 1. The normalized spacial score (nSPS) is 19.4. The average Bonchev–Trinajstić information content (AvgIpc) is 1.61. The molecule has 5 rings (SSSR count). The predicted octanol–water partition coefficient (Wildman–Crippen LogP) is -2.01. The van der Waals surface area contributed by atoms with E-state index in [1.165, 1.54) is 26.0 Å². The molecule has 21 N–H and O–H groups in total. The smallest absolute Gasteiger partial charge is 0.320 e. The zero-order valence-electron chi connectivity index (χ0n) is 54.7. The number of hydrogen-bond acceptors (Lipinski definition) is 18. The Morgan fingerprint density at radius 3 is 2.00 bits per heavy atom. The standard InChI is InChI=1S/C63H101N19O12S/c1-3-5-28-81(58(92)46(20-11-25-72-61(67)68)77-54(88)45(64)19-10-24-71-60(65)66)43(36-83)34-79-27-13-23-51(79)56(90)74-32-52(86)76-48(30-44-18-14-29-95-44)55(89)78-49(37-84)57(91)80(33-42-17-7-6-15-40(42)4-2)35-53(87)82-50-22-9-8-16-41(50)31-63(82,39-85)38-75-47(59(93)94)21-12-26-73-62(69)70/h6-7,14-15,17-18,29,36,39,41,43,45-51,75,84H,3-5,8-13,16,19-28,30-35,37-38,64H2,1-2H3,(H,74,90)(H,76,86)(H,77,88)(H,78,89)(H,93,94)(H4,65,66,71)(H4,67,68,72)(H4,69,70,73)/t41-,43?,45+,46-,47-,48-,49-,50-,51-,63+/m0/s1. The Labute approximate surface area is 559 Å². The van der Waals surface area contributed by atoms with Crippen LogP contribution in [0, 0.1) is 22.1 Å². The Morgan fingerprint density at radius 1 is 0.758 bits per heavy atom. The number of likely N-dealkylation sites (tertiary alicyclic amines) is 2. The van der Waals surface area contributed by atoms with Crippen molar-refractivity contribution < 1.29 is 58.2 Å². The summed E-state index contributed by atoms with van der Waals surface area (Å²) in [7, 11) is 0. The first kappa shape index (κ1) is 77.4. The molecule has 1 aliphatic carbocycles. The van der Waals surface area contributed by atoms with Crippen molar-refractivity contribution in [2.24, 2.45) is 28.9 Å². The number of aliphatic carboxylic acids is 1. The van der Waals surface area contributed by atoms with E-state index in [4.69, 9.17) is 39.2 Å². The van der Waals surface area contributed by atoms with Crippen LogP contribution in [0.1, 0.15) is 126 Å². The Hall–Kier alpha value is -8.33. The summed E-state index contributed by atoms with van der Waals surface area (Å²) in [4.78, 5) is 146. The van der Waals surface area contributed by atoms with Crippen molar-refractivity contribution in [3.8, 4) is 0 Å². The number of carbonyl (C=O) groups excluding carboxylic acids is 9. The van der Waals surface area contributed by atoms with Gasteiger partial charge >= 0.3 is 5.97 Å². The summed E-state index contributed by atoms with van der Waals surface area (Å²) in [5.41, 5.74) is 22.5. The summed E-state index contributed by atoms with van der Waals surface area (Å²) >= 11 is 1.30. The second-order valence-corrected chi connectivity index (χ2v) is 25.6. The zero-order chi connectivity index (χ0) is 69.6. The number of carboxylic acids is 1. The van der Waals surface area contributed by atoms with Crippen molar-refractivity contribution in [1.29, 1.82) is 16.2 Å². The quantitative estimate of drug-likeness (QED) is 0.0148. The van der Waals surface area contributed by atoms with Gasteiger partial charge in [0.15, 0.2) is 17.9 Å². The van der Waals surface area contributed by atoms with E-state index < -0.39 is 121 Å². The van der Waals surface area contributed by atoms with Gasteiger partial charge in [-0.2, -0.15) is 0 Å². The van der Waals surface area contributed by atoms with E-state index in [0.717, 1.165) is 24.8 Å². The van der Waals surface area contributed by atoms with Gasteiger partial charge in [0.1, 0.15) is 54.9 Å². The molecule has 3 heterocycles. The number of hydrogen-bond donors (Lipinski definition) is 17. The molecular weight excluding hydrogens is 1250 g/mol. The van der Waals surface area contributed by atoms with Crippen LogP contribution in [0.25, 0.3) is 0 Å². The predicted molar refractivity (Wildman–Crippen MR) is 357 cm³/mol. The summed E-state index contributed by atoms with van der Waals surface area (Å²) in [5.74, 6) is -6.87. The summed E-state index contributed by atoms with van der Waals surface area (Å²) < 4.78 is 0. The fourth-order valence-corrected chi connectivity index (χ4v) is 13.5. The first-order chi connectivity index (χ1) is 45.5. The van der Waals surface area contributed by atoms with Gasteiger partial charge in [-0.25, -0.2) is 0 Å². The van der Waals surface area contributed by atoms with Gasteiger partial charge in [0, 0.05) is 63.2 Å². The molecule has 95 heavy (non-hydrogen) atoms. The number of guanidine groups is 3. The third kappa shape index (κ3) is 23.8. The number of carbonyl (C=O) groups is 10. The van der Waals surface area contributed by atoms with Crippen molar-refractivity contribution in [3.63, 3.8) is 0 Å². The van der Waals surface area contributed by atoms with Crippen LogP contribution in [0.3, 0.4) is 0 Å². The van der Waals surface area contributed by atoms with E-state index in [-0.39, 0.29) is 95.2 Å². The molecule has 10 atom stereocenters. The van der Waals surface area contributed by atoms with E-state index in [2.05, 4.69) is 42.5 Å². The molecule has 1 saturated carbocycles. The highest BCUT2D eigenvalue weighted by molar-refractivity contribution is 7.09. The van der Waals surface area contributed by atoms with Crippen LogP contribution in [-0.4, -0.2) is 227 Å². The molecule has 0 bridgehead atoms. The van der Waals surface area contributed by atoms with Gasteiger partial charge in [0.05, 0.1) is 25.2 Å². The van der Waals surface area contributed by atoms with Gasteiger partial charge in [0.2, 0.25) is 41.4 Å². The molecule has 1 unspecified atom stereocenters. The number of aliphatic hydroxyl groups is 1. The lowest BCUT2D eigenvalue weighted by atomic mass is 9.83. The van der Waals surface area contributed by atoms with Crippen LogP contribution < -0.4 is 65.5 Å². The Balaban J connectivity index is 1.31. The first-order valence-corrected chi connectivity index (χ1v) is 33.8. The van der Waals surface area contributed by atoms with Gasteiger partial charge in [-0.15, -0.1) is 11.3 Å². The molecule has 3 fully saturated rings. The number of aldehydes is 2. The molecule has 7 amide bonds. The Morgan fingerprint density at radius 2 is 1.40 bits per heavy atom. The number of amides is 7. The molecule has 1 aromatic carbocycles. The van der Waals surface area contributed by atoms with Gasteiger partial charge in [0.25, 0.3) is 0 Å². The van der Waals surface area contributed by atoms with Gasteiger partial charge in [-0.1, -0.05) is 63.4 Å². The largest absolute Gasteiger partial charge is 0.480 e. The molecule has 31 nitrogen and oxygen atoms in total. The average molecular weight is 1350 g/mol. The second-order valence-electron chi connectivity index (χ2n) is 24.6. The van der Waals surface area contributed by atoms with E-state index in [9.17, 15) is 48.6 Å². The highest BCUT2D eigenvalue weighted by Crippen LogP contribution is 2.44. The minimum atomic E-state index is -1.66. The lowest BCUT2D eigenvalue weighted by Crippen LogP contribution is -2.61. The van der Waals surface area contributed by atoms with E-state index in [1.807, 2.05) is 26.0 Å². The number of rotatable bonds is 42. The first-order valence-electron chi connectivity index (χ1n) is 32.9. The van der Waals surface area contributed by atoms with Gasteiger partial charge in [-0.3, -0.25) is 59.5 Å². The number of fused-ring (bicyclic) bond motifs is 1. The SMILES string of the molecule is CCCCN(C(=O)[C@H](CCCNC(=N)N)NC(=O)[C@H](N)CCCNC(=N)N)C(C=O)CN1CCC[C@H]1C(=O)NCC(=O)N[C@@H](Cc1cccs1)C(=O)N[C@@H](CO)C(=O)N(CC(=O)N1[C@H]2CCCC[C@H]2C[C@]1(C=O)CN[C@@H](CCCNC(=N)N)C(=O)O)Cc1ccccc1CC. The minimum Gasteiger partial charge on any atom is -0.480 e. The third-order valence-electron chi connectivity index (χ3n) is 17.7. The number of aryl methyl sites for hydroxylation is 1. The second kappa shape index (κ2) is 39.5. The fourth-order valence-electron chi connectivity index (χ4n) is 12.8.